The molecule has 1 aliphatic rings. The van der Waals surface area contributed by atoms with Gasteiger partial charge in [-0.2, -0.15) is 0 Å². The number of imidazole rings is 1. The minimum Gasteiger partial charge on any atom is -0.479 e. The predicted octanol–water partition coefficient (Wildman–Crippen LogP) is 3.15. The van der Waals surface area contributed by atoms with E-state index in [4.69, 9.17) is 14.2 Å². The molecule has 2 aromatic heterocycles. The molecule has 0 saturated heterocycles. The number of aliphatic hydroxyl groups is 1. The van der Waals surface area contributed by atoms with Crippen molar-refractivity contribution in [3.05, 3.63) is 65.1 Å². The van der Waals surface area contributed by atoms with Crippen LogP contribution in [0, 0.1) is 13.8 Å². The number of aliphatic hydroxyl groups excluding tert-OH is 1. The van der Waals surface area contributed by atoms with Gasteiger partial charge in [-0.15, -0.1) is 0 Å². The zero-order valence-electron chi connectivity index (χ0n) is 15.8. The van der Waals surface area contributed by atoms with Gasteiger partial charge in [0.25, 0.3) is 0 Å². The van der Waals surface area contributed by atoms with Gasteiger partial charge in [-0.1, -0.05) is 30.3 Å². The highest BCUT2D eigenvalue weighted by molar-refractivity contribution is 5.62. The summed E-state index contributed by atoms with van der Waals surface area (Å²) < 4.78 is 19.4. The Morgan fingerprint density at radius 3 is 2.67 bits per heavy atom. The maximum absolute atomic E-state index is 11.0. The van der Waals surface area contributed by atoms with Crippen molar-refractivity contribution in [2.24, 2.45) is 0 Å². The molecule has 27 heavy (non-hydrogen) atoms. The van der Waals surface area contributed by atoms with Crippen molar-refractivity contribution >= 4 is 5.65 Å². The number of nitrogens with zero attached hydrogens (tertiary/aromatic N) is 2. The molecule has 0 bridgehead atoms. The number of ether oxygens (including phenoxy) is 3. The number of hydrogen-bond acceptors (Lipinski definition) is 5. The van der Waals surface area contributed by atoms with Crippen LogP contribution in [0.1, 0.15) is 34.7 Å². The maximum Gasteiger partial charge on any atom is 0.180 e. The summed E-state index contributed by atoms with van der Waals surface area (Å²) in [5.74, 6) is 0.662. The van der Waals surface area contributed by atoms with Gasteiger partial charge in [0.15, 0.2) is 17.5 Å². The van der Waals surface area contributed by atoms with Crippen molar-refractivity contribution in [2.75, 3.05) is 20.3 Å². The van der Waals surface area contributed by atoms with Crippen LogP contribution in [-0.4, -0.2) is 40.9 Å². The molecule has 0 fully saturated rings. The standard InChI is InChI=1S/C21H24N2O4/c1-13-14(2)23-10-9-16-19(26-12-11-25-3)17(24)18(15-7-5-4-6-8-15)27-20(16)21(23)22-13/h4-10,17-19,24H,11-12H2,1-3H3/t17-,18+,19-/m0/s1. The van der Waals surface area contributed by atoms with Gasteiger partial charge in [0.2, 0.25) is 0 Å². The molecule has 0 radical (unpaired) electrons. The molecular weight excluding hydrogens is 344 g/mol. The van der Waals surface area contributed by atoms with Gasteiger partial charge < -0.3 is 23.7 Å². The second kappa shape index (κ2) is 7.31. The molecule has 0 aliphatic carbocycles. The summed E-state index contributed by atoms with van der Waals surface area (Å²) in [5.41, 5.74) is 4.47. The zero-order chi connectivity index (χ0) is 19.0. The molecule has 0 unspecified atom stereocenters. The van der Waals surface area contributed by atoms with E-state index in [9.17, 15) is 5.11 Å². The first-order valence-electron chi connectivity index (χ1n) is 9.10. The monoisotopic (exact) mass is 368 g/mol. The Labute approximate surface area is 158 Å². The van der Waals surface area contributed by atoms with Crippen molar-refractivity contribution in [2.45, 2.75) is 32.2 Å². The van der Waals surface area contributed by atoms with Gasteiger partial charge >= 0.3 is 0 Å². The first-order valence-corrected chi connectivity index (χ1v) is 9.10. The van der Waals surface area contributed by atoms with E-state index in [1.54, 1.807) is 7.11 Å². The number of hydrogen-bond donors (Lipinski definition) is 1. The fourth-order valence-electron chi connectivity index (χ4n) is 3.57. The van der Waals surface area contributed by atoms with Crippen LogP contribution in [0.25, 0.3) is 5.65 Å². The van der Waals surface area contributed by atoms with Crippen molar-refractivity contribution in [3.8, 4) is 5.75 Å². The molecule has 0 amide bonds. The summed E-state index contributed by atoms with van der Waals surface area (Å²) in [5, 5.41) is 11.0. The van der Waals surface area contributed by atoms with Gasteiger partial charge in [-0.25, -0.2) is 4.98 Å². The van der Waals surface area contributed by atoms with Gasteiger partial charge in [-0.05, 0) is 25.5 Å². The summed E-state index contributed by atoms with van der Waals surface area (Å²) in [6.45, 7) is 4.85. The highest BCUT2D eigenvalue weighted by atomic mass is 16.5. The lowest BCUT2D eigenvalue weighted by Gasteiger charge is -2.36. The second-order valence-corrected chi connectivity index (χ2v) is 6.80. The van der Waals surface area contributed by atoms with Crippen LogP contribution in [0.15, 0.2) is 42.6 Å². The highest BCUT2D eigenvalue weighted by Crippen LogP contribution is 2.44. The highest BCUT2D eigenvalue weighted by Gasteiger charge is 2.40. The number of benzene rings is 1. The van der Waals surface area contributed by atoms with E-state index >= 15 is 0 Å². The SMILES string of the molecule is COCCO[C@H]1c2ccn3c(C)c(C)nc3c2O[C@H](c2ccccc2)[C@@H]1O. The van der Waals surface area contributed by atoms with Crippen LogP contribution in [0.3, 0.4) is 0 Å². The summed E-state index contributed by atoms with van der Waals surface area (Å²) in [7, 11) is 1.63. The van der Waals surface area contributed by atoms with Crippen LogP contribution in [0.2, 0.25) is 0 Å². The molecule has 142 valence electrons. The van der Waals surface area contributed by atoms with Crippen LogP contribution in [0.4, 0.5) is 0 Å². The van der Waals surface area contributed by atoms with Crippen molar-refractivity contribution in [1.82, 2.24) is 9.38 Å². The Balaban J connectivity index is 1.82. The zero-order valence-corrected chi connectivity index (χ0v) is 15.8. The third-order valence-electron chi connectivity index (χ3n) is 5.14. The minimum atomic E-state index is -0.837. The number of methoxy groups -OCH3 is 1. The third-order valence-corrected chi connectivity index (χ3v) is 5.14. The Bertz CT molecular complexity index is 938. The molecule has 4 rings (SSSR count). The molecular formula is C21H24N2O4. The molecule has 6 nitrogen and oxygen atoms in total. The molecule has 3 heterocycles. The van der Waals surface area contributed by atoms with Crippen LogP contribution in [-0.2, 0) is 9.47 Å². The summed E-state index contributed by atoms with van der Waals surface area (Å²) in [6, 6.07) is 11.7. The van der Waals surface area contributed by atoms with Crippen LogP contribution in [0.5, 0.6) is 5.75 Å². The fraction of sp³-hybridized carbons (Fsp3) is 0.381. The molecule has 1 N–H and O–H groups in total. The second-order valence-electron chi connectivity index (χ2n) is 6.80. The van der Waals surface area contributed by atoms with Crippen molar-refractivity contribution in [3.63, 3.8) is 0 Å². The van der Waals surface area contributed by atoms with Crippen molar-refractivity contribution < 1.29 is 19.3 Å². The molecule has 0 saturated carbocycles. The molecule has 1 aliphatic heterocycles. The Morgan fingerprint density at radius 1 is 1.15 bits per heavy atom. The minimum absolute atomic E-state index is 0.386. The van der Waals surface area contributed by atoms with E-state index < -0.39 is 18.3 Å². The quantitative estimate of drug-likeness (QED) is 0.701. The van der Waals surface area contributed by atoms with E-state index in [1.807, 2.05) is 60.8 Å². The lowest BCUT2D eigenvalue weighted by molar-refractivity contribution is -0.108. The Kier molecular flexibility index (Phi) is 4.86. The summed E-state index contributed by atoms with van der Waals surface area (Å²) >= 11 is 0. The number of pyridine rings is 1. The van der Waals surface area contributed by atoms with Gasteiger partial charge in [0, 0.05) is 24.6 Å². The average Bonchev–Trinajstić information content (AvgIpc) is 2.98. The third kappa shape index (κ3) is 3.10. The lowest BCUT2D eigenvalue weighted by atomic mass is 9.92. The largest absolute Gasteiger partial charge is 0.479 e. The summed E-state index contributed by atoms with van der Waals surface area (Å²) in [4.78, 5) is 4.69. The van der Waals surface area contributed by atoms with Gasteiger partial charge in [-0.3, -0.25) is 0 Å². The van der Waals surface area contributed by atoms with Crippen molar-refractivity contribution in [1.29, 1.82) is 0 Å². The van der Waals surface area contributed by atoms with Crippen LogP contribution >= 0.6 is 0 Å². The van der Waals surface area contributed by atoms with E-state index in [0.717, 1.165) is 28.2 Å². The first-order chi connectivity index (χ1) is 13.1. The smallest absolute Gasteiger partial charge is 0.180 e. The normalized spacial score (nSPS) is 21.9. The van der Waals surface area contributed by atoms with E-state index in [2.05, 4.69) is 4.98 Å². The molecule has 3 aromatic rings. The van der Waals surface area contributed by atoms with E-state index in [1.165, 1.54) is 0 Å². The maximum atomic E-state index is 11.0. The molecule has 0 spiro atoms. The number of aromatic nitrogens is 2. The Morgan fingerprint density at radius 2 is 1.93 bits per heavy atom. The first kappa shape index (κ1) is 18.0. The lowest BCUT2D eigenvalue weighted by Crippen LogP contribution is -2.36. The number of aryl methyl sites for hydroxylation is 2. The topological polar surface area (TPSA) is 65.2 Å². The predicted molar refractivity (Wildman–Crippen MR) is 101 cm³/mol. The van der Waals surface area contributed by atoms with Gasteiger partial charge in [0.1, 0.15) is 12.2 Å². The van der Waals surface area contributed by atoms with Gasteiger partial charge in [0.05, 0.1) is 18.9 Å². The molecule has 3 atom stereocenters. The molecule has 6 heteroatoms. The number of fused-ring (bicyclic) bond motifs is 3. The number of rotatable bonds is 5. The fourth-order valence-corrected chi connectivity index (χ4v) is 3.57. The molecule has 1 aromatic carbocycles. The summed E-state index contributed by atoms with van der Waals surface area (Å²) in [6.07, 6.45) is 0.0669. The Hall–Kier alpha value is -2.41. The average molecular weight is 368 g/mol. The van der Waals surface area contributed by atoms with E-state index in [-0.39, 0.29) is 0 Å². The van der Waals surface area contributed by atoms with E-state index in [0.29, 0.717) is 19.0 Å². The van der Waals surface area contributed by atoms with Crippen LogP contribution < -0.4 is 4.74 Å².